The van der Waals surface area contributed by atoms with Crippen molar-refractivity contribution in [3.63, 3.8) is 0 Å². The van der Waals surface area contributed by atoms with E-state index in [9.17, 15) is 24.6 Å². The van der Waals surface area contributed by atoms with Gasteiger partial charge in [0.15, 0.2) is 11.6 Å². The van der Waals surface area contributed by atoms with E-state index < -0.39 is 23.3 Å². The zero-order valence-corrected chi connectivity index (χ0v) is 12.6. The molecule has 3 aromatic rings. The van der Waals surface area contributed by atoms with E-state index in [1.165, 1.54) is 24.3 Å². The lowest BCUT2D eigenvalue weighted by Crippen LogP contribution is -2.22. The molecule has 1 aliphatic rings. The number of carboxylic acid groups (broad SMARTS) is 1. The molecular weight excluding hydrogens is 324 g/mol. The number of rotatable bonds is 1. The minimum Gasteiger partial charge on any atom is -0.506 e. The molecule has 0 aromatic heterocycles. The van der Waals surface area contributed by atoms with E-state index in [0.29, 0.717) is 0 Å². The Morgan fingerprint density at radius 3 is 1.80 bits per heavy atom. The molecule has 6 nitrogen and oxygen atoms in total. The lowest BCUT2D eigenvalue weighted by Gasteiger charge is -2.21. The van der Waals surface area contributed by atoms with Crippen molar-refractivity contribution in [2.24, 2.45) is 0 Å². The SMILES string of the molecule is O=C(O)c1ccc2c(c1)C(=O)c1c(c(O)c3ccccc3c1O)C2=O. The van der Waals surface area contributed by atoms with Gasteiger partial charge in [-0.05, 0) is 18.2 Å². The molecule has 0 amide bonds. The Hall–Kier alpha value is -3.67. The highest BCUT2D eigenvalue weighted by molar-refractivity contribution is 6.32. The molecule has 0 saturated carbocycles. The van der Waals surface area contributed by atoms with Crippen LogP contribution < -0.4 is 0 Å². The molecule has 3 aromatic carbocycles. The van der Waals surface area contributed by atoms with E-state index in [1.54, 1.807) is 12.1 Å². The molecule has 0 aliphatic heterocycles. The van der Waals surface area contributed by atoms with Crippen LogP contribution in [0.2, 0.25) is 0 Å². The van der Waals surface area contributed by atoms with E-state index >= 15 is 0 Å². The molecule has 0 spiro atoms. The molecule has 0 fully saturated rings. The van der Waals surface area contributed by atoms with Crippen LogP contribution in [-0.4, -0.2) is 32.9 Å². The summed E-state index contributed by atoms with van der Waals surface area (Å²) in [6.07, 6.45) is 0. The van der Waals surface area contributed by atoms with Gasteiger partial charge in [0.1, 0.15) is 11.5 Å². The highest BCUT2D eigenvalue weighted by atomic mass is 16.4. The number of phenolic OH excluding ortho intramolecular Hbond substituents is 2. The molecule has 4 rings (SSSR count). The summed E-state index contributed by atoms with van der Waals surface area (Å²) in [6, 6.07) is 9.88. The van der Waals surface area contributed by atoms with Gasteiger partial charge in [-0.25, -0.2) is 4.79 Å². The van der Waals surface area contributed by atoms with Gasteiger partial charge in [-0.15, -0.1) is 0 Å². The number of phenols is 2. The Bertz CT molecular complexity index is 1130. The Morgan fingerprint density at radius 1 is 0.760 bits per heavy atom. The van der Waals surface area contributed by atoms with Gasteiger partial charge >= 0.3 is 5.97 Å². The highest BCUT2D eigenvalue weighted by Gasteiger charge is 2.36. The fourth-order valence-electron chi connectivity index (χ4n) is 3.18. The maximum atomic E-state index is 12.8. The molecule has 0 atom stereocenters. The Balaban J connectivity index is 2.10. The van der Waals surface area contributed by atoms with Crippen molar-refractivity contribution in [3.8, 4) is 11.5 Å². The second-order valence-corrected chi connectivity index (χ2v) is 5.72. The zero-order valence-electron chi connectivity index (χ0n) is 12.6. The summed E-state index contributed by atoms with van der Waals surface area (Å²) >= 11 is 0. The van der Waals surface area contributed by atoms with Gasteiger partial charge in [-0.1, -0.05) is 24.3 Å². The largest absolute Gasteiger partial charge is 0.506 e. The Kier molecular flexibility index (Phi) is 2.93. The van der Waals surface area contributed by atoms with Gasteiger partial charge in [0.2, 0.25) is 0 Å². The first-order valence-electron chi connectivity index (χ1n) is 7.35. The fraction of sp³-hybridized carbons (Fsp3) is 0. The maximum Gasteiger partial charge on any atom is 0.335 e. The molecule has 6 heteroatoms. The predicted molar refractivity (Wildman–Crippen MR) is 87.5 cm³/mol. The first kappa shape index (κ1) is 14.9. The summed E-state index contributed by atoms with van der Waals surface area (Å²) in [6.45, 7) is 0. The van der Waals surface area contributed by atoms with Gasteiger partial charge in [-0.3, -0.25) is 9.59 Å². The molecule has 0 bridgehead atoms. The molecule has 0 heterocycles. The number of carbonyl (C=O) groups excluding carboxylic acids is 2. The van der Waals surface area contributed by atoms with Crippen LogP contribution in [0, 0.1) is 0 Å². The first-order chi connectivity index (χ1) is 11.9. The number of aromatic carboxylic acids is 1. The quantitative estimate of drug-likeness (QED) is 0.461. The monoisotopic (exact) mass is 334 g/mol. The number of carboxylic acids is 1. The molecule has 0 unspecified atom stereocenters. The van der Waals surface area contributed by atoms with E-state index in [1.807, 2.05) is 0 Å². The highest BCUT2D eigenvalue weighted by Crippen LogP contribution is 2.44. The van der Waals surface area contributed by atoms with Crippen LogP contribution in [-0.2, 0) is 0 Å². The third kappa shape index (κ3) is 1.88. The van der Waals surface area contributed by atoms with E-state index in [4.69, 9.17) is 5.11 Å². The average molecular weight is 334 g/mol. The van der Waals surface area contributed by atoms with Gasteiger partial charge in [0.05, 0.1) is 16.7 Å². The van der Waals surface area contributed by atoms with Crippen molar-refractivity contribution in [2.75, 3.05) is 0 Å². The summed E-state index contributed by atoms with van der Waals surface area (Å²) in [7, 11) is 0. The Labute approximate surface area is 140 Å². The maximum absolute atomic E-state index is 12.8. The molecule has 25 heavy (non-hydrogen) atoms. The first-order valence-corrected chi connectivity index (χ1v) is 7.35. The minimum atomic E-state index is -1.24. The van der Waals surface area contributed by atoms with Crippen LogP contribution in [0.5, 0.6) is 11.5 Å². The number of hydrogen-bond acceptors (Lipinski definition) is 5. The van der Waals surface area contributed by atoms with E-state index in [-0.39, 0.29) is 44.3 Å². The molecule has 0 radical (unpaired) electrons. The number of fused-ring (bicyclic) bond motifs is 3. The van der Waals surface area contributed by atoms with E-state index in [0.717, 1.165) is 6.07 Å². The number of carbonyl (C=O) groups is 3. The van der Waals surface area contributed by atoms with Crippen molar-refractivity contribution in [1.82, 2.24) is 0 Å². The number of aromatic hydroxyl groups is 2. The zero-order chi connectivity index (χ0) is 17.9. The molecule has 3 N–H and O–H groups in total. The summed E-state index contributed by atoms with van der Waals surface area (Å²) in [5.74, 6) is -3.37. The standard InChI is InChI=1S/C19H10O6/c20-15-9-3-1-2-4-10(9)16(21)14-13(15)17(22)11-6-5-8(19(24)25)7-12(11)18(14)23/h1-7,20-21H,(H,24,25). The van der Waals surface area contributed by atoms with Crippen molar-refractivity contribution in [2.45, 2.75) is 0 Å². The summed E-state index contributed by atoms with van der Waals surface area (Å²) in [5.41, 5.74) is -0.837. The summed E-state index contributed by atoms with van der Waals surface area (Å²) in [4.78, 5) is 36.7. The summed E-state index contributed by atoms with van der Waals surface area (Å²) < 4.78 is 0. The fourth-order valence-corrected chi connectivity index (χ4v) is 3.18. The second kappa shape index (κ2) is 4.91. The van der Waals surface area contributed by atoms with Gasteiger partial charge in [-0.2, -0.15) is 0 Å². The van der Waals surface area contributed by atoms with Crippen molar-refractivity contribution in [3.05, 3.63) is 70.3 Å². The van der Waals surface area contributed by atoms with Gasteiger partial charge in [0.25, 0.3) is 0 Å². The predicted octanol–water partition coefficient (Wildman–Crippen LogP) is 2.72. The minimum absolute atomic E-state index is 0.00696. The third-order valence-electron chi connectivity index (χ3n) is 4.37. The molecular formula is C19H10O6. The van der Waals surface area contributed by atoms with Crippen molar-refractivity contribution in [1.29, 1.82) is 0 Å². The normalized spacial score (nSPS) is 12.8. The molecule has 1 aliphatic carbocycles. The number of hydrogen-bond donors (Lipinski definition) is 3. The van der Waals surface area contributed by atoms with Crippen LogP contribution in [0.15, 0.2) is 42.5 Å². The van der Waals surface area contributed by atoms with Crippen LogP contribution >= 0.6 is 0 Å². The number of benzene rings is 3. The van der Waals surface area contributed by atoms with Crippen LogP contribution in [0.1, 0.15) is 42.2 Å². The van der Waals surface area contributed by atoms with Crippen LogP contribution in [0.25, 0.3) is 10.8 Å². The average Bonchev–Trinajstić information content (AvgIpc) is 2.62. The third-order valence-corrected chi connectivity index (χ3v) is 4.37. The number of ketones is 2. The summed E-state index contributed by atoms with van der Waals surface area (Å²) in [5, 5.41) is 30.6. The molecule has 122 valence electrons. The Morgan fingerprint density at radius 2 is 1.28 bits per heavy atom. The van der Waals surface area contributed by atoms with Crippen LogP contribution in [0.3, 0.4) is 0 Å². The lowest BCUT2D eigenvalue weighted by atomic mass is 9.81. The van der Waals surface area contributed by atoms with Crippen molar-refractivity contribution < 1.29 is 29.7 Å². The second-order valence-electron chi connectivity index (χ2n) is 5.72. The van der Waals surface area contributed by atoms with E-state index in [2.05, 4.69) is 0 Å². The van der Waals surface area contributed by atoms with Gasteiger partial charge in [0, 0.05) is 21.9 Å². The van der Waals surface area contributed by atoms with Gasteiger partial charge < -0.3 is 15.3 Å². The molecule has 0 saturated heterocycles. The van der Waals surface area contributed by atoms with Crippen LogP contribution in [0.4, 0.5) is 0 Å². The lowest BCUT2D eigenvalue weighted by molar-refractivity contribution is 0.0696. The topological polar surface area (TPSA) is 112 Å². The smallest absolute Gasteiger partial charge is 0.335 e. The van der Waals surface area contributed by atoms with Crippen molar-refractivity contribution >= 4 is 28.3 Å².